The van der Waals surface area contributed by atoms with Gasteiger partial charge in [-0.1, -0.05) is 31.2 Å². The average molecular weight is 338 g/mol. The molecule has 0 spiro atoms. The lowest BCUT2D eigenvalue weighted by atomic mass is 10.0. The summed E-state index contributed by atoms with van der Waals surface area (Å²) in [6.07, 6.45) is 11.5. The maximum atomic E-state index is 4.19. The number of hydrogen-bond donors (Lipinski definition) is 1. The summed E-state index contributed by atoms with van der Waals surface area (Å²) in [6.45, 7) is 6.51. The first-order valence-electron chi connectivity index (χ1n) is 9.61. The highest BCUT2D eigenvalue weighted by atomic mass is 15.2. The highest BCUT2D eigenvalue weighted by Crippen LogP contribution is 2.17. The SMILES string of the molecule is CCc1ccc(CCN(Cc2cncnc2)C2CCCNCC2)cc1. The molecule has 134 valence electrons. The van der Waals surface area contributed by atoms with Crippen molar-refractivity contribution in [3.05, 3.63) is 59.7 Å². The monoisotopic (exact) mass is 338 g/mol. The molecule has 3 rings (SSSR count). The Balaban J connectivity index is 1.66. The molecular weight excluding hydrogens is 308 g/mol. The zero-order valence-corrected chi connectivity index (χ0v) is 15.3. The molecule has 25 heavy (non-hydrogen) atoms. The van der Waals surface area contributed by atoms with E-state index in [0.717, 1.165) is 39.0 Å². The van der Waals surface area contributed by atoms with E-state index in [2.05, 4.69) is 51.4 Å². The molecule has 1 N–H and O–H groups in total. The molecule has 0 bridgehead atoms. The number of nitrogens with one attached hydrogen (secondary N) is 1. The summed E-state index contributed by atoms with van der Waals surface area (Å²) in [7, 11) is 0. The number of hydrogen-bond acceptors (Lipinski definition) is 4. The second-order valence-corrected chi connectivity index (χ2v) is 6.97. The Bertz CT molecular complexity index is 604. The first-order chi connectivity index (χ1) is 12.3. The van der Waals surface area contributed by atoms with Crippen LogP contribution in [-0.4, -0.2) is 40.5 Å². The van der Waals surface area contributed by atoms with Crippen molar-refractivity contribution in [3.8, 4) is 0 Å². The van der Waals surface area contributed by atoms with E-state index in [0.29, 0.717) is 6.04 Å². The molecule has 1 atom stereocenters. The van der Waals surface area contributed by atoms with Gasteiger partial charge in [0.25, 0.3) is 0 Å². The minimum Gasteiger partial charge on any atom is -0.317 e. The van der Waals surface area contributed by atoms with Gasteiger partial charge in [-0.25, -0.2) is 9.97 Å². The largest absolute Gasteiger partial charge is 0.317 e. The highest BCUT2D eigenvalue weighted by molar-refractivity contribution is 5.22. The van der Waals surface area contributed by atoms with E-state index in [4.69, 9.17) is 0 Å². The van der Waals surface area contributed by atoms with Gasteiger partial charge >= 0.3 is 0 Å². The van der Waals surface area contributed by atoms with Gasteiger partial charge in [0.2, 0.25) is 0 Å². The van der Waals surface area contributed by atoms with Crippen molar-refractivity contribution in [2.45, 2.75) is 51.6 Å². The van der Waals surface area contributed by atoms with E-state index in [1.165, 1.54) is 36.0 Å². The lowest BCUT2D eigenvalue weighted by Crippen LogP contribution is -2.37. The van der Waals surface area contributed by atoms with E-state index in [1.807, 2.05) is 12.4 Å². The Kier molecular flexibility index (Phi) is 6.95. The molecule has 1 saturated heterocycles. The van der Waals surface area contributed by atoms with Crippen LogP contribution in [0.1, 0.15) is 42.9 Å². The first-order valence-corrected chi connectivity index (χ1v) is 9.61. The lowest BCUT2D eigenvalue weighted by Gasteiger charge is -2.31. The molecule has 4 nitrogen and oxygen atoms in total. The minimum atomic E-state index is 0.644. The fourth-order valence-corrected chi connectivity index (χ4v) is 3.62. The summed E-state index contributed by atoms with van der Waals surface area (Å²) in [4.78, 5) is 11.0. The molecule has 0 saturated carbocycles. The Morgan fingerprint density at radius 3 is 2.52 bits per heavy atom. The van der Waals surface area contributed by atoms with Crippen LogP contribution >= 0.6 is 0 Å². The summed E-state index contributed by atoms with van der Waals surface area (Å²) >= 11 is 0. The van der Waals surface area contributed by atoms with Gasteiger partial charge in [0.05, 0.1) is 0 Å². The van der Waals surface area contributed by atoms with Crippen LogP contribution in [0.3, 0.4) is 0 Å². The molecule has 1 aliphatic rings. The maximum Gasteiger partial charge on any atom is 0.115 e. The molecule has 0 amide bonds. The third-order valence-corrected chi connectivity index (χ3v) is 5.18. The number of aryl methyl sites for hydroxylation is 1. The lowest BCUT2D eigenvalue weighted by molar-refractivity contribution is 0.174. The Hall–Kier alpha value is -1.78. The number of benzene rings is 1. The molecule has 0 aliphatic carbocycles. The summed E-state index contributed by atoms with van der Waals surface area (Å²) < 4.78 is 0. The van der Waals surface area contributed by atoms with E-state index < -0.39 is 0 Å². The molecule has 1 fully saturated rings. The smallest absolute Gasteiger partial charge is 0.115 e. The maximum absolute atomic E-state index is 4.19. The van der Waals surface area contributed by atoms with E-state index in [-0.39, 0.29) is 0 Å². The van der Waals surface area contributed by atoms with E-state index >= 15 is 0 Å². The molecule has 1 aromatic carbocycles. The van der Waals surface area contributed by atoms with Crippen LogP contribution in [0.5, 0.6) is 0 Å². The molecule has 1 aliphatic heterocycles. The summed E-state index contributed by atoms with van der Waals surface area (Å²) in [5, 5.41) is 3.53. The second kappa shape index (κ2) is 9.64. The molecule has 2 heterocycles. The van der Waals surface area contributed by atoms with Gasteiger partial charge in [-0.15, -0.1) is 0 Å². The van der Waals surface area contributed by atoms with Crippen molar-refractivity contribution in [3.63, 3.8) is 0 Å². The predicted molar refractivity (Wildman–Crippen MR) is 102 cm³/mol. The van der Waals surface area contributed by atoms with Crippen LogP contribution in [-0.2, 0) is 19.4 Å². The van der Waals surface area contributed by atoms with E-state index in [9.17, 15) is 0 Å². The van der Waals surface area contributed by atoms with E-state index in [1.54, 1.807) is 6.33 Å². The van der Waals surface area contributed by atoms with Crippen molar-refractivity contribution in [1.29, 1.82) is 0 Å². The first kappa shape index (κ1) is 18.0. The summed E-state index contributed by atoms with van der Waals surface area (Å²) in [5.74, 6) is 0. The van der Waals surface area contributed by atoms with Crippen LogP contribution in [0.15, 0.2) is 43.0 Å². The molecule has 2 aromatic rings. The van der Waals surface area contributed by atoms with Gasteiger partial charge in [0.1, 0.15) is 6.33 Å². The van der Waals surface area contributed by atoms with Gasteiger partial charge in [0.15, 0.2) is 0 Å². The third-order valence-electron chi connectivity index (χ3n) is 5.18. The second-order valence-electron chi connectivity index (χ2n) is 6.97. The van der Waals surface area contributed by atoms with Gasteiger partial charge in [-0.2, -0.15) is 0 Å². The Morgan fingerprint density at radius 2 is 1.76 bits per heavy atom. The van der Waals surface area contributed by atoms with Crippen LogP contribution in [0.25, 0.3) is 0 Å². The molecule has 4 heteroatoms. The van der Waals surface area contributed by atoms with Crippen molar-refractivity contribution < 1.29 is 0 Å². The van der Waals surface area contributed by atoms with Crippen molar-refractivity contribution in [2.24, 2.45) is 0 Å². The molecular formula is C21H30N4. The minimum absolute atomic E-state index is 0.644. The fourth-order valence-electron chi connectivity index (χ4n) is 3.62. The number of nitrogens with zero attached hydrogens (tertiary/aromatic N) is 3. The highest BCUT2D eigenvalue weighted by Gasteiger charge is 2.20. The van der Waals surface area contributed by atoms with Gasteiger partial charge in [-0.3, -0.25) is 4.90 Å². The third kappa shape index (κ3) is 5.62. The topological polar surface area (TPSA) is 41.1 Å². The normalized spacial score (nSPS) is 18.2. The average Bonchev–Trinajstić information content (AvgIpc) is 2.96. The van der Waals surface area contributed by atoms with Crippen LogP contribution in [0.2, 0.25) is 0 Å². The number of aromatic nitrogens is 2. The summed E-state index contributed by atoms with van der Waals surface area (Å²) in [6, 6.07) is 9.75. The van der Waals surface area contributed by atoms with Crippen molar-refractivity contribution in [1.82, 2.24) is 20.2 Å². The number of rotatable bonds is 7. The molecule has 1 unspecified atom stereocenters. The molecule has 1 aromatic heterocycles. The zero-order valence-electron chi connectivity index (χ0n) is 15.3. The van der Waals surface area contributed by atoms with Gasteiger partial charge < -0.3 is 5.32 Å². The van der Waals surface area contributed by atoms with Crippen LogP contribution in [0, 0.1) is 0 Å². The quantitative estimate of drug-likeness (QED) is 0.841. The van der Waals surface area contributed by atoms with Gasteiger partial charge in [-0.05, 0) is 56.3 Å². The van der Waals surface area contributed by atoms with Gasteiger partial charge in [0, 0.05) is 37.1 Å². The molecule has 0 radical (unpaired) electrons. The van der Waals surface area contributed by atoms with Crippen molar-refractivity contribution >= 4 is 0 Å². The zero-order chi connectivity index (χ0) is 17.3. The fraction of sp³-hybridized carbons (Fsp3) is 0.524. The predicted octanol–water partition coefficient (Wildman–Crippen LogP) is 3.23. The summed E-state index contributed by atoms with van der Waals surface area (Å²) in [5.41, 5.74) is 4.05. The Labute approximate surface area is 151 Å². The van der Waals surface area contributed by atoms with Crippen LogP contribution in [0.4, 0.5) is 0 Å². The Morgan fingerprint density at radius 1 is 1.00 bits per heavy atom. The van der Waals surface area contributed by atoms with Crippen molar-refractivity contribution in [2.75, 3.05) is 19.6 Å². The standard InChI is InChI=1S/C21H30N4/c1-2-18-5-7-19(8-6-18)10-13-25(16-20-14-23-17-24-15-20)21-4-3-11-22-12-9-21/h5-8,14-15,17,21-22H,2-4,9-13,16H2,1H3. The van der Waals surface area contributed by atoms with Crippen LogP contribution < -0.4 is 5.32 Å².